The number of halogens is 2. The summed E-state index contributed by atoms with van der Waals surface area (Å²) < 4.78 is 59.7. The van der Waals surface area contributed by atoms with Gasteiger partial charge in [-0.25, -0.2) is 13.1 Å². The van der Waals surface area contributed by atoms with Gasteiger partial charge in [-0.2, -0.15) is 8.78 Å². The largest absolute Gasteiger partial charge is 0.435 e. The molecule has 0 radical (unpaired) electrons. The number of alkyl halides is 2. The average Bonchev–Trinajstić information content (AvgIpc) is 2.89. The molecule has 120 valence electrons. The molecule has 1 N–H and O–H groups in total. The molecule has 6 nitrogen and oxygen atoms in total. The van der Waals surface area contributed by atoms with Crippen LogP contribution in [-0.2, 0) is 15.8 Å². The summed E-state index contributed by atoms with van der Waals surface area (Å²) in [6, 6.07) is 6.68. The Morgan fingerprint density at radius 2 is 2.14 bits per heavy atom. The van der Waals surface area contributed by atoms with Crippen molar-refractivity contribution in [2.75, 3.05) is 0 Å². The van der Waals surface area contributed by atoms with Crippen molar-refractivity contribution in [3.8, 4) is 5.75 Å². The van der Waals surface area contributed by atoms with Crippen LogP contribution in [-0.4, -0.2) is 20.2 Å². The Morgan fingerprint density at radius 3 is 2.77 bits per heavy atom. The zero-order valence-corrected chi connectivity index (χ0v) is 12.4. The van der Waals surface area contributed by atoms with Crippen molar-refractivity contribution in [1.82, 2.24) is 9.88 Å². The van der Waals surface area contributed by atoms with E-state index in [0.29, 0.717) is 5.56 Å². The maximum Gasteiger partial charge on any atom is 0.387 e. The first-order chi connectivity index (χ1) is 10.4. The minimum Gasteiger partial charge on any atom is -0.435 e. The lowest BCUT2D eigenvalue weighted by Gasteiger charge is -2.15. The Kier molecular flexibility index (Phi) is 5.09. The number of sulfonamides is 1. The summed E-state index contributed by atoms with van der Waals surface area (Å²) >= 11 is 0. The van der Waals surface area contributed by atoms with Crippen LogP contribution >= 0.6 is 0 Å². The van der Waals surface area contributed by atoms with Crippen LogP contribution < -0.4 is 9.46 Å². The number of hydrogen-bond acceptors (Lipinski definition) is 5. The predicted molar refractivity (Wildman–Crippen MR) is 73.8 cm³/mol. The van der Waals surface area contributed by atoms with Crippen molar-refractivity contribution in [1.29, 1.82) is 0 Å². The molecule has 0 aliphatic rings. The molecule has 1 heterocycles. The van der Waals surface area contributed by atoms with Gasteiger partial charge in [-0.05, 0) is 24.6 Å². The van der Waals surface area contributed by atoms with E-state index in [0.717, 1.165) is 0 Å². The van der Waals surface area contributed by atoms with Crippen molar-refractivity contribution in [3.05, 3.63) is 47.9 Å². The van der Waals surface area contributed by atoms with E-state index in [-0.39, 0.29) is 17.2 Å². The van der Waals surface area contributed by atoms with Crippen molar-refractivity contribution in [2.45, 2.75) is 25.3 Å². The first-order valence-electron chi connectivity index (χ1n) is 6.30. The van der Waals surface area contributed by atoms with Crippen LogP contribution in [0.5, 0.6) is 5.75 Å². The maximum atomic E-state index is 12.2. The first kappa shape index (κ1) is 16.4. The van der Waals surface area contributed by atoms with Crippen molar-refractivity contribution < 1.29 is 26.5 Å². The fourth-order valence-corrected chi connectivity index (χ4v) is 3.14. The molecule has 1 aromatic carbocycles. The fraction of sp³-hybridized carbons (Fsp3) is 0.308. The zero-order valence-electron chi connectivity index (χ0n) is 11.6. The highest BCUT2D eigenvalue weighted by molar-refractivity contribution is 7.88. The van der Waals surface area contributed by atoms with Crippen molar-refractivity contribution >= 4 is 10.0 Å². The SMILES string of the molecule is C[C@H](NS(=O)(=O)Cc1ccon1)c1cccc(OC(F)F)c1. The molecule has 22 heavy (non-hydrogen) atoms. The second-order valence-corrected chi connectivity index (χ2v) is 6.29. The van der Waals surface area contributed by atoms with Gasteiger partial charge < -0.3 is 9.26 Å². The number of ether oxygens (including phenoxy) is 1. The Hall–Kier alpha value is -2.00. The molecule has 2 aromatic rings. The highest BCUT2D eigenvalue weighted by atomic mass is 32.2. The van der Waals surface area contributed by atoms with E-state index in [2.05, 4.69) is 19.1 Å². The lowest BCUT2D eigenvalue weighted by atomic mass is 10.1. The summed E-state index contributed by atoms with van der Waals surface area (Å²) in [6.45, 7) is -1.34. The molecule has 0 aliphatic heterocycles. The van der Waals surface area contributed by atoms with Gasteiger partial charge in [0.05, 0.1) is 5.69 Å². The quantitative estimate of drug-likeness (QED) is 0.842. The number of hydrogen-bond donors (Lipinski definition) is 1. The molecule has 0 saturated carbocycles. The number of nitrogens with zero attached hydrogens (tertiary/aromatic N) is 1. The van der Waals surface area contributed by atoms with Crippen LogP contribution in [0, 0.1) is 0 Å². The lowest BCUT2D eigenvalue weighted by molar-refractivity contribution is -0.0499. The third-order valence-corrected chi connectivity index (χ3v) is 4.16. The minimum absolute atomic E-state index is 0.0324. The van der Waals surface area contributed by atoms with E-state index in [4.69, 9.17) is 0 Å². The van der Waals surface area contributed by atoms with Crippen LogP contribution in [0.4, 0.5) is 8.78 Å². The van der Waals surface area contributed by atoms with Gasteiger partial charge in [0.15, 0.2) is 0 Å². The second kappa shape index (κ2) is 6.84. The second-order valence-electron chi connectivity index (χ2n) is 4.54. The molecular formula is C13H14F2N2O4S. The molecular weight excluding hydrogens is 318 g/mol. The number of benzene rings is 1. The van der Waals surface area contributed by atoms with Gasteiger partial charge in [-0.3, -0.25) is 0 Å². The number of rotatable bonds is 7. The van der Waals surface area contributed by atoms with E-state index in [1.54, 1.807) is 13.0 Å². The van der Waals surface area contributed by atoms with Crippen LogP contribution in [0.1, 0.15) is 24.2 Å². The standard InChI is InChI=1S/C13H14F2N2O4S/c1-9(10-3-2-4-12(7-10)21-13(14)15)17-22(18,19)8-11-5-6-20-16-11/h2-7,9,13,17H,8H2,1H3/t9-/m0/s1. The summed E-state index contributed by atoms with van der Waals surface area (Å²) in [4.78, 5) is 0. The third kappa shape index (κ3) is 4.78. The van der Waals surface area contributed by atoms with E-state index in [1.807, 2.05) is 0 Å². The average molecular weight is 332 g/mol. The molecule has 0 spiro atoms. The summed E-state index contributed by atoms with van der Waals surface area (Å²) in [5.74, 6) is -0.365. The Balaban J connectivity index is 2.06. The predicted octanol–water partition coefficient (Wildman–Crippen LogP) is 2.46. The fourth-order valence-electron chi connectivity index (χ4n) is 1.85. The van der Waals surface area contributed by atoms with Gasteiger partial charge in [0.25, 0.3) is 0 Å². The molecule has 0 unspecified atom stereocenters. The number of nitrogens with one attached hydrogen (secondary N) is 1. The van der Waals surface area contributed by atoms with Crippen molar-refractivity contribution in [3.63, 3.8) is 0 Å². The molecule has 0 bridgehead atoms. The molecule has 9 heteroatoms. The Labute approximate surface area is 126 Å². The monoisotopic (exact) mass is 332 g/mol. The van der Waals surface area contributed by atoms with Gasteiger partial charge in [0.1, 0.15) is 17.8 Å². The topological polar surface area (TPSA) is 81.4 Å². The van der Waals surface area contributed by atoms with Crippen LogP contribution in [0.2, 0.25) is 0 Å². The highest BCUT2D eigenvalue weighted by Gasteiger charge is 2.18. The molecule has 0 aliphatic carbocycles. The highest BCUT2D eigenvalue weighted by Crippen LogP contribution is 2.21. The van der Waals surface area contributed by atoms with Gasteiger partial charge >= 0.3 is 6.61 Å². The Morgan fingerprint density at radius 1 is 1.36 bits per heavy atom. The summed E-state index contributed by atoms with van der Waals surface area (Å²) in [7, 11) is -3.65. The van der Waals surface area contributed by atoms with Crippen LogP contribution in [0.3, 0.4) is 0 Å². The summed E-state index contributed by atoms with van der Waals surface area (Å²) in [5, 5.41) is 3.53. The maximum absolute atomic E-state index is 12.2. The minimum atomic E-state index is -3.65. The van der Waals surface area contributed by atoms with E-state index in [1.165, 1.54) is 30.5 Å². The van der Waals surface area contributed by atoms with Gasteiger partial charge in [0.2, 0.25) is 10.0 Å². The van der Waals surface area contributed by atoms with Crippen molar-refractivity contribution in [2.24, 2.45) is 0 Å². The summed E-state index contributed by atoms with van der Waals surface area (Å²) in [5.41, 5.74) is 0.774. The zero-order chi connectivity index (χ0) is 16.2. The molecule has 0 amide bonds. The van der Waals surface area contributed by atoms with Gasteiger partial charge in [-0.15, -0.1) is 0 Å². The van der Waals surface area contributed by atoms with Gasteiger partial charge in [0, 0.05) is 12.1 Å². The molecule has 1 aromatic heterocycles. The third-order valence-electron chi connectivity index (χ3n) is 2.77. The van der Waals surface area contributed by atoms with Crippen LogP contribution in [0.15, 0.2) is 41.1 Å². The molecule has 1 atom stereocenters. The molecule has 0 fully saturated rings. The lowest BCUT2D eigenvalue weighted by Crippen LogP contribution is -2.28. The normalized spacial score (nSPS) is 13.3. The number of aromatic nitrogens is 1. The molecule has 0 saturated heterocycles. The van der Waals surface area contributed by atoms with E-state index < -0.39 is 22.7 Å². The smallest absolute Gasteiger partial charge is 0.387 e. The van der Waals surface area contributed by atoms with Gasteiger partial charge in [-0.1, -0.05) is 17.3 Å². The first-order valence-corrected chi connectivity index (χ1v) is 7.95. The van der Waals surface area contributed by atoms with E-state index in [9.17, 15) is 17.2 Å². The Bertz CT molecular complexity index is 705. The molecule has 2 rings (SSSR count). The van der Waals surface area contributed by atoms with E-state index >= 15 is 0 Å². The summed E-state index contributed by atoms with van der Waals surface area (Å²) in [6.07, 6.45) is 1.28. The van der Waals surface area contributed by atoms with Crippen LogP contribution in [0.25, 0.3) is 0 Å².